The number of nitrogens with zero attached hydrogens (tertiary/aromatic N) is 2. The highest BCUT2D eigenvalue weighted by Crippen LogP contribution is 2.30. The van der Waals surface area contributed by atoms with Crippen LogP contribution in [0.5, 0.6) is 0 Å². The smallest absolute Gasteiger partial charge is 0.251 e. The first-order chi connectivity index (χ1) is 10.5. The number of hydrogen-bond donors (Lipinski definition) is 0. The van der Waals surface area contributed by atoms with Gasteiger partial charge >= 0.3 is 0 Å². The third-order valence-corrected chi connectivity index (χ3v) is 4.19. The minimum Gasteiger partial charge on any atom is -0.313 e. The predicted molar refractivity (Wildman–Crippen MR) is 91.4 cm³/mol. The van der Waals surface area contributed by atoms with Crippen molar-refractivity contribution in [2.45, 2.75) is 13.0 Å². The Labute approximate surface area is 139 Å². The van der Waals surface area contributed by atoms with Crippen LogP contribution in [0.15, 0.2) is 47.5 Å². The van der Waals surface area contributed by atoms with Crippen molar-refractivity contribution >= 4 is 40.5 Å². The van der Waals surface area contributed by atoms with Crippen molar-refractivity contribution in [1.29, 1.82) is 0 Å². The number of aliphatic imine (C=N–C) groups is 1. The van der Waals surface area contributed by atoms with Gasteiger partial charge in [0.15, 0.2) is 0 Å². The third kappa shape index (κ3) is 2.62. The van der Waals surface area contributed by atoms with Crippen molar-refractivity contribution in [2.75, 3.05) is 11.9 Å². The number of fused-ring (bicyclic) bond motifs is 1. The number of benzene rings is 2. The first-order valence-electron chi connectivity index (χ1n) is 6.88. The molecule has 0 spiro atoms. The number of hydrogen-bond acceptors (Lipinski definition) is 2. The highest BCUT2D eigenvalue weighted by Gasteiger charge is 2.27. The quantitative estimate of drug-likeness (QED) is 0.770. The van der Waals surface area contributed by atoms with Gasteiger partial charge in [0.25, 0.3) is 5.91 Å². The van der Waals surface area contributed by atoms with E-state index >= 15 is 0 Å². The Hall–Kier alpha value is -1.84. The van der Waals surface area contributed by atoms with E-state index in [1.807, 2.05) is 36.4 Å². The van der Waals surface area contributed by atoms with Gasteiger partial charge < -0.3 is 4.90 Å². The number of carbonyl (C=O) groups excluding carboxylic acids is 1. The number of carbonyl (C=O) groups is 1. The summed E-state index contributed by atoms with van der Waals surface area (Å²) in [5.41, 5.74) is 3.30. The largest absolute Gasteiger partial charge is 0.313 e. The molecule has 112 valence electrons. The van der Waals surface area contributed by atoms with Gasteiger partial charge in [0.1, 0.15) is 6.04 Å². The molecule has 0 aromatic heterocycles. The summed E-state index contributed by atoms with van der Waals surface area (Å²) in [4.78, 5) is 18.6. The van der Waals surface area contributed by atoms with Crippen molar-refractivity contribution in [3.63, 3.8) is 0 Å². The summed E-state index contributed by atoms with van der Waals surface area (Å²) in [6.45, 7) is 1.79. The molecule has 0 N–H and O–H groups in total. The van der Waals surface area contributed by atoms with Crippen LogP contribution < -0.4 is 4.90 Å². The summed E-state index contributed by atoms with van der Waals surface area (Å²) in [6, 6.07) is 12.4. The fourth-order valence-corrected chi connectivity index (χ4v) is 2.84. The SMILES string of the molecule is CC1N=C(c2ccc(Cl)cc2)c2cc(Cl)ccc2N(C)C1=O. The Bertz CT molecular complexity index is 769. The Balaban J connectivity index is 2.25. The molecule has 1 amide bonds. The molecule has 1 heterocycles. The van der Waals surface area contributed by atoms with Crippen LogP contribution >= 0.6 is 23.2 Å². The van der Waals surface area contributed by atoms with Crippen molar-refractivity contribution in [2.24, 2.45) is 4.99 Å². The maximum absolute atomic E-state index is 12.4. The number of amides is 1. The number of rotatable bonds is 1. The molecule has 5 heteroatoms. The van der Waals surface area contributed by atoms with Crippen LogP contribution in [-0.4, -0.2) is 24.7 Å². The Morgan fingerprint density at radius 2 is 1.68 bits per heavy atom. The van der Waals surface area contributed by atoms with Crippen LogP contribution in [0, 0.1) is 0 Å². The van der Waals surface area contributed by atoms with Gasteiger partial charge in [-0.25, -0.2) is 0 Å². The minimum atomic E-state index is -0.457. The molecule has 22 heavy (non-hydrogen) atoms. The molecule has 1 aliphatic heterocycles. The van der Waals surface area contributed by atoms with Gasteiger partial charge in [-0.15, -0.1) is 0 Å². The maximum atomic E-state index is 12.4. The molecule has 2 aromatic rings. The molecule has 0 aliphatic carbocycles. The maximum Gasteiger partial charge on any atom is 0.251 e. The first-order valence-corrected chi connectivity index (χ1v) is 7.64. The molecule has 1 unspecified atom stereocenters. The average molecular weight is 333 g/mol. The number of anilines is 1. The fraction of sp³-hybridized carbons (Fsp3) is 0.176. The van der Waals surface area contributed by atoms with Crippen molar-refractivity contribution in [3.8, 4) is 0 Å². The molecule has 0 fully saturated rings. The fourth-order valence-electron chi connectivity index (χ4n) is 2.55. The van der Waals surface area contributed by atoms with Crippen LogP contribution in [0.2, 0.25) is 10.0 Å². The molecule has 0 saturated heterocycles. The Kier molecular flexibility index (Phi) is 3.94. The predicted octanol–water partition coefficient (Wildman–Crippen LogP) is 4.20. The zero-order chi connectivity index (χ0) is 15.9. The van der Waals surface area contributed by atoms with Gasteiger partial charge in [-0.3, -0.25) is 9.79 Å². The molecular formula is C17H14Cl2N2O. The van der Waals surface area contributed by atoms with Crippen LogP contribution in [0.1, 0.15) is 18.1 Å². The normalized spacial score (nSPS) is 17.8. The summed E-state index contributed by atoms with van der Waals surface area (Å²) >= 11 is 12.1. The van der Waals surface area contributed by atoms with Crippen molar-refractivity contribution in [3.05, 3.63) is 63.6 Å². The van der Waals surface area contributed by atoms with Gasteiger partial charge in [0.05, 0.1) is 11.4 Å². The molecule has 0 bridgehead atoms. The molecule has 1 aliphatic rings. The van der Waals surface area contributed by atoms with E-state index in [-0.39, 0.29) is 5.91 Å². The van der Waals surface area contributed by atoms with Crippen LogP contribution in [-0.2, 0) is 4.79 Å². The topological polar surface area (TPSA) is 32.7 Å². The second-order valence-electron chi connectivity index (χ2n) is 5.22. The second kappa shape index (κ2) is 5.75. The van der Waals surface area contributed by atoms with E-state index in [0.717, 1.165) is 22.5 Å². The van der Waals surface area contributed by atoms with Crippen molar-refractivity contribution in [1.82, 2.24) is 0 Å². The first kappa shape index (κ1) is 15.1. The van der Waals surface area contributed by atoms with E-state index in [1.54, 1.807) is 24.9 Å². The zero-order valence-corrected chi connectivity index (χ0v) is 13.7. The lowest BCUT2D eigenvalue weighted by atomic mass is 10.0. The summed E-state index contributed by atoms with van der Waals surface area (Å²) in [6.07, 6.45) is 0. The van der Waals surface area contributed by atoms with Gasteiger partial charge in [-0.05, 0) is 37.3 Å². The summed E-state index contributed by atoms with van der Waals surface area (Å²) in [7, 11) is 1.76. The summed E-state index contributed by atoms with van der Waals surface area (Å²) < 4.78 is 0. The highest BCUT2D eigenvalue weighted by atomic mass is 35.5. The van der Waals surface area contributed by atoms with Crippen LogP contribution in [0.4, 0.5) is 5.69 Å². The standard InChI is InChI=1S/C17H14Cl2N2O/c1-10-17(22)21(2)15-8-7-13(19)9-14(15)16(20-10)11-3-5-12(18)6-4-11/h3-10H,1-2H3. The molecule has 1 atom stereocenters. The van der Waals surface area contributed by atoms with E-state index < -0.39 is 6.04 Å². The Morgan fingerprint density at radius 1 is 1.05 bits per heavy atom. The van der Waals surface area contributed by atoms with E-state index in [9.17, 15) is 4.79 Å². The van der Waals surface area contributed by atoms with Crippen LogP contribution in [0.3, 0.4) is 0 Å². The minimum absolute atomic E-state index is 0.0486. The lowest BCUT2D eigenvalue weighted by Gasteiger charge is -2.19. The van der Waals surface area contributed by atoms with E-state index in [0.29, 0.717) is 10.0 Å². The molecule has 2 aromatic carbocycles. The van der Waals surface area contributed by atoms with E-state index in [2.05, 4.69) is 4.99 Å². The Morgan fingerprint density at radius 3 is 2.36 bits per heavy atom. The van der Waals surface area contributed by atoms with Gasteiger partial charge in [-0.2, -0.15) is 0 Å². The van der Waals surface area contributed by atoms with Gasteiger partial charge in [0, 0.05) is 28.2 Å². The summed E-state index contributed by atoms with van der Waals surface area (Å²) in [5.74, 6) is -0.0486. The van der Waals surface area contributed by atoms with Crippen LogP contribution in [0.25, 0.3) is 0 Å². The molecule has 3 nitrogen and oxygen atoms in total. The van der Waals surface area contributed by atoms with E-state index in [4.69, 9.17) is 23.2 Å². The van der Waals surface area contributed by atoms with Crippen molar-refractivity contribution < 1.29 is 4.79 Å². The zero-order valence-electron chi connectivity index (χ0n) is 12.2. The highest BCUT2D eigenvalue weighted by molar-refractivity contribution is 6.32. The van der Waals surface area contributed by atoms with E-state index in [1.165, 1.54) is 0 Å². The number of halogens is 2. The lowest BCUT2D eigenvalue weighted by Crippen LogP contribution is -2.32. The number of likely N-dealkylation sites (N-methyl/N-ethyl adjacent to an activating group) is 1. The molecule has 3 rings (SSSR count). The monoisotopic (exact) mass is 332 g/mol. The summed E-state index contributed by atoms with van der Waals surface area (Å²) in [5, 5.41) is 1.27. The van der Waals surface area contributed by atoms with Gasteiger partial charge in [-0.1, -0.05) is 35.3 Å². The number of benzodiazepines with no additional fused rings is 1. The lowest BCUT2D eigenvalue weighted by molar-refractivity contribution is -0.119. The third-order valence-electron chi connectivity index (χ3n) is 3.70. The molecule has 0 radical (unpaired) electrons. The average Bonchev–Trinajstić information content (AvgIpc) is 2.59. The molecule has 0 saturated carbocycles. The van der Waals surface area contributed by atoms with Gasteiger partial charge in [0.2, 0.25) is 0 Å². The second-order valence-corrected chi connectivity index (χ2v) is 6.09. The molecular weight excluding hydrogens is 319 g/mol.